The highest BCUT2D eigenvalue weighted by Crippen LogP contribution is 2.32. The second kappa shape index (κ2) is 11.4. The van der Waals surface area contributed by atoms with Crippen LogP contribution in [0, 0.1) is 0 Å². The first-order chi connectivity index (χ1) is 15.8. The Bertz CT molecular complexity index is 1090. The van der Waals surface area contributed by atoms with Crippen LogP contribution in [0.5, 0.6) is 0 Å². The van der Waals surface area contributed by atoms with Gasteiger partial charge in [0.05, 0.1) is 5.56 Å². The van der Waals surface area contributed by atoms with Crippen LogP contribution >= 0.6 is 11.8 Å². The molecule has 0 atom stereocenters. The van der Waals surface area contributed by atoms with E-state index < -0.39 is 5.97 Å². The number of carboxylic acids is 1. The summed E-state index contributed by atoms with van der Waals surface area (Å²) in [5.41, 5.74) is 4.34. The number of para-hydroxylation sites is 2. The second-order valence-electron chi connectivity index (χ2n) is 8.77. The van der Waals surface area contributed by atoms with Crippen molar-refractivity contribution in [2.45, 2.75) is 70.4 Å². The second-order valence-corrected chi connectivity index (χ2v) is 9.81. The molecular formula is C26H32N2O4S. The summed E-state index contributed by atoms with van der Waals surface area (Å²) in [5.74, 6) is 0.520. The summed E-state index contributed by atoms with van der Waals surface area (Å²) in [6.07, 6.45) is 3.13. The smallest absolute Gasteiger partial charge is 0.338 e. The van der Waals surface area contributed by atoms with Crippen molar-refractivity contribution in [1.82, 2.24) is 4.98 Å². The van der Waals surface area contributed by atoms with Gasteiger partial charge in [-0.3, -0.25) is 4.79 Å². The van der Waals surface area contributed by atoms with Crippen LogP contribution in [0.3, 0.4) is 0 Å². The van der Waals surface area contributed by atoms with E-state index in [-0.39, 0.29) is 11.5 Å². The van der Waals surface area contributed by atoms with Gasteiger partial charge >= 0.3 is 5.97 Å². The van der Waals surface area contributed by atoms with Crippen LogP contribution in [-0.2, 0) is 4.79 Å². The summed E-state index contributed by atoms with van der Waals surface area (Å²) < 4.78 is 5.66. The van der Waals surface area contributed by atoms with Gasteiger partial charge in [-0.15, -0.1) is 0 Å². The zero-order chi connectivity index (χ0) is 24.0. The Morgan fingerprint density at radius 2 is 1.67 bits per heavy atom. The number of oxazole rings is 1. The number of unbranched alkanes of at least 4 members (excludes halogenated alkanes) is 2. The number of carbonyl (C=O) groups excluding carboxylic acids is 1. The normalized spacial score (nSPS) is 11.5. The van der Waals surface area contributed by atoms with E-state index in [0.29, 0.717) is 34.6 Å². The monoisotopic (exact) mass is 468 g/mol. The number of amides is 1. The number of fused-ring (bicyclic) bond motifs is 1. The summed E-state index contributed by atoms with van der Waals surface area (Å²) in [6.45, 7) is 8.58. The number of aromatic nitrogens is 1. The third kappa shape index (κ3) is 6.38. The summed E-state index contributed by atoms with van der Waals surface area (Å²) in [4.78, 5) is 28.2. The number of aromatic carboxylic acids is 1. The van der Waals surface area contributed by atoms with Gasteiger partial charge in [-0.25, -0.2) is 9.78 Å². The van der Waals surface area contributed by atoms with Crippen molar-refractivity contribution in [2.24, 2.45) is 0 Å². The molecule has 0 aliphatic heterocycles. The maximum absolute atomic E-state index is 12.6. The number of carboxylic acid groups (broad SMARTS) is 1. The zero-order valence-electron chi connectivity index (χ0n) is 19.7. The number of nitrogens with one attached hydrogen (secondary N) is 1. The van der Waals surface area contributed by atoms with Crippen molar-refractivity contribution in [3.05, 3.63) is 53.1 Å². The van der Waals surface area contributed by atoms with Crippen LogP contribution in [0.25, 0.3) is 11.1 Å². The maximum Gasteiger partial charge on any atom is 0.338 e. The van der Waals surface area contributed by atoms with E-state index in [1.165, 1.54) is 29.0 Å². The van der Waals surface area contributed by atoms with Gasteiger partial charge in [0.25, 0.3) is 5.22 Å². The molecule has 176 valence electrons. The van der Waals surface area contributed by atoms with Crippen molar-refractivity contribution in [3.8, 4) is 0 Å². The number of carbonyl (C=O) groups is 2. The van der Waals surface area contributed by atoms with E-state index in [4.69, 9.17) is 4.42 Å². The fraction of sp³-hybridized carbons (Fsp3) is 0.423. The standard InChI is InChI=1S/C26H32N2O4S/c1-16(2)18-10-8-11-19(17(3)4)23(18)27-22(29)14-6-5-7-15-33-26-28-24-20(25(30)31)12-9-13-21(24)32-26/h8-13,16-17H,5-7,14-15H2,1-4H3,(H,27,29)(H,30,31). The van der Waals surface area contributed by atoms with Gasteiger partial charge in [0.1, 0.15) is 5.52 Å². The molecule has 0 aliphatic carbocycles. The Labute approximate surface area is 199 Å². The number of benzene rings is 2. The van der Waals surface area contributed by atoms with Crippen molar-refractivity contribution < 1.29 is 19.1 Å². The number of hydrogen-bond donors (Lipinski definition) is 2. The Morgan fingerprint density at radius 1 is 1.00 bits per heavy atom. The Hall–Kier alpha value is -2.80. The highest BCUT2D eigenvalue weighted by atomic mass is 32.2. The quantitative estimate of drug-likeness (QED) is 0.231. The molecule has 0 saturated heterocycles. The van der Waals surface area contributed by atoms with Crippen molar-refractivity contribution in [1.29, 1.82) is 0 Å². The number of anilines is 1. The molecule has 33 heavy (non-hydrogen) atoms. The van der Waals surface area contributed by atoms with E-state index in [2.05, 4.69) is 56.2 Å². The third-order valence-electron chi connectivity index (χ3n) is 5.54. The summed E-state index contributed by atoms with van der Waals surface area (Å²) in [5, 5.41) is 12.9. The van der Waals surface area contributed by atoms with Crippen molar-refractivity contribution in [3.63, 3.8) is 0 Å². The third-order valence-corrected chi connectivity index (χ3v) is 6.46. The number of hydrogen-bond acceptors (Lipinski definition) is 5. The molecule has 0 spiro atoms. The molecular weight excluding hydrogens is 436 g/mol. The van der Waals surface area contributed by atoms with Crippen molar-refractivity contribution >= 4 is 40.4 Å². The maximum atomic E-state index is 12.6. The molecule has 2 N–H and O–H groups in total. The topological polar surface area (TPSA) is 92.4 Å². The lowest BCUT2D eigenvalue weighted by molar-refractivity contribution is -0.116. The fourth-order valence-electron chi connectivity index (χ4n) is 3.78. The van der Waals surface area contributed by atoms with Crippen LogP contribution in [0.15, 0.2) is 46.0 Å². The largest absolute Gasteiger partial charge is 0.478 e. The zero-order valence-corrected chi connectivity index (χ0v) is 20.5. The molecule has 3 aromatic rings. The van der Waals surface area contributed by atoms with E-state index >= 15 is 0 Å². The van der Waals surface area contributed by atoms with Crippen LogP contribution in [0.2, 0.25) is 0 Å². The molecule has 6 nitrogen and oxygen atoms in total. The molecule has 0 fully saturated rings. The van der Waals surface area contributed by atoms with Crippen LogP contribution in [0.4, 0.5) is 5.69 Å². The lowest BCUT2D eigenvalue weighted by Gasteiger charge is -2.20. The van der Waals surface area contributed by atoms with E-state index in [9.17, 15) is 14.7 Å². The van der Waals surface area contributed by atoms with E-state index in [1.54, 1.807) is 12.1 Å². The van der Waals surface area contributed by atoms with Crippen LogP contribution in [0.1, 0.15) is 86.7 Å². The molecule has 0 unspecified atom stereocenters. The summed E-state index contributed by atoms with van der Waals surface area (Å²) in [6, 6.07) is 11.2. The van der Waals surface area contributed by atoms with Crippen LogP contribution in [-0.4, -0.2) is 27.7 Å². The summed E-state index contributed by atoms with van der Waals surface area (Å²) in [7, 11) is 0. The Balaban J connectivity index is 1.46. The van der Waals surface area contributed by atoms with Gasteiger partial charge in [-0.2, -0.15) is 0 Å². The molecule has 0 bridgehead atoms. The molecule has 3 rings (SSSR count). The Kier molecular flexibility index (Phi) is 8.55. The molecule has 0 radical (unpaired) electrons. The highest BCUT2D eigenvalue weighted by Gasteiger charge is 2.16. The molecule has 7 heteroatoms. The minimum absolute atomic E-state index is 0.0535. The van der Waals surface area contributed by atoms with Gasteiger partial charge in [0.15, 0.2) is 5.58 Å². The first-order valence-electron chi connectivity index (χ1n) is 11.5. The minimum atomic E-state index is -1.01. The van der Waals surface area contributed by atoms with Gasteiger partial charge in [-0.1, -0.05) is 70.1 Å². The minimum Gasteiger partial charge on any atom is -0.478 e. The molecule has 1 aromatic heterocycles. The number of thioether (sulfide) groups is 1. The van der Waals surface area contributed by atoms with Crippen LogP contribution < -0.4 is 5.32 Å². The predicted octanol–water partition coefficient (Wildman–Crippen LogP) is 7.06. The lowest BCUT2D eigenvalue weighted by Crippen LogP contribution is -2.15. The molecule has 0 aliphatic rings. The van der Waals surface area contributed by atoms with E-state index in [0.717, 1.165) is 30.7 Å². The molecule has 0 saturated carbocycles. The number of nitrogens with zero attached hydrogens (tertiary/aromatic N) is 1. The van der Waals surface area contributed by atoms with Gasteiger partial charge in [-0.05, 0) is 47.9 Å². The SMILES string of the molecule is CC(C)c1cccc(C(C)C)c1NC(=O)CCCCCSc1nc2c(C(=O)O)cccc2o1. The predicted molar refractivity (Wildman–Crippen MR) is 133 cm³/mol. The van der Waals surface area contributed by atoms with Gasteiger partial charge in [0.2, 0.25) is 5.91 Å². The van der Waals surface area contributed by atoms with Crippen molar-refractivity contribution in [2.75, 3.05) is 11.1 Å². The fourth-order valence-corrected chi connectivity index (χ4v) is 4.61. The van der Waals surface area contributed by atoms with Gasteiger partial charge < -0.3 is 14.8 Å². The lowest BCUT2D eigenvalue weighted by atomic mass is 9.92. The number of rotatable bonds is 11. The first-order valence-corrected chi connectivity index (χ1v) is 12.4. The van der Waals surface area contributed by atoms with Gasteiger partial charge in [0, 0.05) is 17.9 Å². The Morgan fingerprint density at radius 3 is 2.30 bits per heavy atom. The molecule has 2 aromatic carbocycles. The average Bonchev–Trinajstić information content (AvgIpc) is 3.18. The highest BCUT2D eigenvalue weighted by molar-refractivity contribution is 7.99. The molecule has 1 amide bonds. The first kappa shape index (κ1) is 24.8. The van der Waals surface area contributed by atoms with E-state index in [1.807, 2.05) is 0 Å². The molecule has 1 heterocycles. The summed E-state index contributed by atoms with van der Waals surface area (Å²) >= 11 is 1.47. The average molecular weight is 469 g/mol.